The fraction of sp³-hybridized carbons (Fsp3) is 0.111. The molecule has 0 radical (unpaired) electrons. The molecule has 1 heterocycles. The summed E-state index contributed by atoms with van der Waals surface area (Å²) in [6.07, 6.45) is 0.384. The monoisotopic (exact) mass is 174 g/mol. The number of hydrogen-bond donors (Lipinski definition) is 3. The van der Waals surface area contributed by atoms with Gasteiger partial charge in [0.25, 0.3) is 0 Å². The number of nitrogens with one attached hydrogen (secondary N) is 3. The summed E-state index contributed by atoms with van der Waals surface area (Å²) in [5, 5.41) is 16.6. The van der Waals surface area contributed by atoms with Gasteiger partial charge in [0.05, 0.1) is 12.1 Å². The van der Waals surface area contributed by atoms with Crippen LogP contribution in [0.15, 0.2) is 30.3 Å². The second kappa shape index (κ2) is 2.90. The first-order chi connectivity index (χ1) is 6.27. The predicted octanol–water partition coefficient (Wildman–Crippen LogP) is 1.36. The Balaban J connectivity index is 2.28. The molecule has 1 aliphatic heterocycles. The number of rotatable bonds is 1. The van der Waals surface area contributed by atoms with Crippen molar-refractivity contribution in [3.63, 3.8) is 0 Å². The van der Waals surface area contributed by atoms with Crippen LogP contribution in [0.1, 0.15) is 6.42 Å². The van der Waals surface area contributed by atoms with Gasteiger partial charge in [0.15, 0.2) is 0 Å². The molecule has 1 aromatic carbocycles. The number of hydrogen-bond acceptors (Lipinski definition) is 2. The van der Waals surface area contributed by atoms with E-state index in [9.17, 15) is 0 Å². The second-order valence-corrected chi connectivity index (χ2v) is 2.88. The summed E-state index contributed by atoms with van der Waals surface area (Å²) >= 11 is 0. The van der Waals surface area contributed by atoms with Crippen LogP contribution in [0.4, 0.5) is 5.69 Å². The molecule has 0 aromatic heterocycles. The fourth-order valence-electron chi connectivity index (χ4n) is 1.29. The van der Waals surface area contributed by atoms with Crippen molar-refractivity contribution in [3.8, 4) is 0 Å². The Morgan fingerprint density at radius 1 is 1.15 bits per heavy atom. The lowest BCUT2D eigenvalue weighted by Gasteiger charge is -2.17. The summed E-state index contributed by atoms with van der Waals surface area (Å²) in [6, 6.07) is 9.55. The molecular weight excluding hydrogens is 164 g/mol. The summed E-state index contributed by atoms with van der Waals surface area (Å²) in [7, 11) is 0. The molecule has 1 aromatic rings. The van der Waals surface area contributed by atoms with Crippen LogP contribution in [0.5, 0.6) is 0 Å². The van der Waals surface area contributed by atoms with Crippen LogP contribution in [0.2, 0.25) is 0 Å². The van der Waals surface area contributed by atoms with Gasteiger partial charge in [-0.1, -0.05) is 18.2 Å². The van der Waals surface area contributed by atoms with E-state index in [2.05, 4.69) is 5.43 Å². The van der Waals surface area contributed by atoms with Gasteiger partial charge < -0.3 is 0 Å². The maximum absolute atomic E-state index is 7.60. The third-order valence-electron chi connectivity index (χ3n) is 1.88. The molecule has 66 valence electrons. The van der Waals surface area contributed by atoms with Crippen LogP contribution in [0, 0.1) is 10.8 Å². The Bertz CT molecular complexity index is 344. The van der Waals surface area contributed by atoms with Crippen LogP contribution < -0.4 is 10.4 Å². The molecule has 0 saturated carbocycles. The summed E-state index contributed by atoms with van der Waals surface area (Å²) in [4.78, 5) is 0. The predicted molar refractivity (Wildman–Crippen MR) is 52.1 cm³/mol. The van der Waals surface area contributed by atoms with E-state index in [-0.39, 0.29) is 0 Å². The van der Waals surface area contributed by atoms with E-state index in [1.165, 1.54) is 0 Å². The van der Waals surface area contributed by atoms with Crippen molar-refractivity contribution in [1.29, 1.82) is 10.8 Å². The molecule has 2 rings (SSSR count). The van der Waals surface area contributed by atoms with Crippen LogP contribution >= 0.6 is 0 Å². The number of nitrogens with zero attached hydrogens (tertiary/aromatic N) is 1. The first-order valence-corrected chi connectivity index (χ1v) is 4.04. The summed E-state index contributed by atoms with van der Waals surface area (Å²) < 4.78 is 0. The van der Waals surface area contributed by atoms with E-state index in [1.54, 1.807) is 5.01 Å². The largest absolute Gasteiger partial charge is 0.287 e. The van der Waals surface area contributed by atoms with Crippen molar-refractivity contribution in [3.05, 3.63) is 30.3 Å². The smallest absolute Gasteiger partial charge is 0.128 e. The van der Waals surface area contributed by atoms with Crippen molar-refractivity contribution in [1.82, 2.24) is 5.43 Å². The zero-order chi connectivity index (χ0) is 9.26. The van der Waals surface area contributed by atoms with E-state index in [0.29, 0.717) is 18.1 Å². The highest BCUT2D eigenvalue weighted by atomic mass is 15.6. The van der Waals surface area contributed by atoms with Gasteiger partial charge in [-0.15, -0.1) is 0 Å². The van der Waals surface area contributed by atoms with Gasteiger partial charge in [0, 0.05) is 0 Å². The number of benzene rings is 1. The average molecular weight is 174 g/mol. The van der Waals surface area contributed by atoms with Gasteiger partial charge >= 0.3 is 0 Å². The quantitative estimate of drug-likeness (QED) is 0.601. The molecule has 3 N–H and O–H groups in total. The highest BCUT2D eigenvalue weighted by Gasteiger charge is 2.21. The van der Waals surface area contributed by atoms with Gasteiger partial charge in [-0.25, -0.2) is 5.01 Å². The van der Waals surface area contributed by atoms with E-state index < -0.39 is 0 Å². The average Bonchev–Trinajstić information content (AvgIpc) is 2.47. The van der Waals surface area contributed by atoms with Crippen LogP contribution in [-0.4, -0.2) is 11.7 Å². The zero-order valence-corrected chi connectivity index (χ0v) is 7.04. The maximum Gasteiger partial charge on any atom is 0.128 e. The van der Waals surface area contributed by atoms with E-state index >= 15 is 0 Å². The Labute approximate surface area is 76.2 Å². The zero-order valence-electron chi connectivity index (χ0n) is 7.04. The topological polar surface area (TPSA) is 63.0 Å². The van der Waals surface area contributed by atoms with Crippen LogP contribution in [0.3, 0.4) is 0 Å². The molecule has 0 bridgehead atoms. The molecule has 1 aliphatic rings. The number of hydrazine groups is 1. The molecule has 0 spiro atoms. The molecule has 0 unspecified atom stereocenters. The first kappa shape index (κ1) is 7.79. The van der Waals surface area contributed by atoms with Gasteiger partial charge in [-0.05, 0) is 12.1 Å². The van der Waals surface area contributed by atoms with Gasteiger partial charge in [0.2, 0.25) is 0 Å². The third kappa shape index (κ3) is 1.38. The lowest BCUT2D eigenvalue weighted by molar-refractivity contribution is 0.986. The molecule has 13 heavy (non-hydrogen) atoms. The minimum atomic E-state index is 0.369. The summed E-state index contributed by atoms with van der Waals surface area (Å²) in [5.41, 5.74) is 3.71. The van der Waals surface area contributed by atoms with E-state index in [1.807, 2.05) is 30.3 Å². The Hall–Kier alpha value is -1.84. The molecule has 1 saturated heterocycles. The normalized spacial score (nSPS) is 16.2. The minimum absolute atomic E-state index is 0.369. The molecule has 4 nitrogen and oxygen atoms in total. The summed E-state index contributed by atoms with van der Waals surface area (Å²) in [6.45, 7) is 0. The molecule has 4 heteroatoms. The molecule has 0 atom stereocenters. The SMILES string of the molecule is N=C1CC(=N)N(c2ccccc2)N1. The summed E-state index contributed by atoms with van der Waals surface area (Å²) in [5.74, 6) is 0.782. The second-order valence-electron chi connectivity index (χ2n) is 2.88. The Morgan fingerprint density at radius 3 is 2.38 bits per heavy atom. The van der Waals surface area contributed by atoms with E-state index in [4.69, 9.17) is 10.8 Å². The third-order valence-corrected chi connectivity index (χ3v) is 1.88. The van der Waals surface area contributed by atoms with Crippen molar-refractivity contribution in [2.45, 2.75) is 6.42 Å². The molecule has 0 aliphatic carbocycles. The standard InChI is InChI=1S/C9H10N4/c10-8-6-9(11)13(12-8)7-4-2-1-3-5-7/h1-5,11H,6H2,(H2,10,12). The van der Waals surface area contributed by atoms with Gasteiger partial charge in [-0.3, -0.25) is 16.2 Å². The van der Waals surface area contributed by atoms with Gasteiger partial charge in [0.1, 0.15) is 11.7 Å². The maximum atomic E-state index is 7.60. The lowest BCUT2D eigenvalue weighted by Crippen LogP contribution is -2.35. The molecule has 0 amide bonds. The highest BCUT2D eigenvalue weighted by molar-refractivity contribution is 6.14. The van der Waals surface area contributed by atoms with Crippen molar-refractivity contribution in [2.24, 2.45) is 0 Å². The Morgan fingerprint density at radius 2 is 1.85 bits per heavy atom. The van der Waals surface area contributed by atoms with Crippen molar-refractivity contribution >= 4 is 17.4 Å². The highest BCUT2D eigenvalue weighted by Crippen LogP contribution is 2.15. The number of para-hydroxylation sites is 1. The molecular formula is C9H10N4. The Kier molecular flexibility index (Phi) is 1.73. The van der Waals surface area contributed by atoms with Crippen molar-refractivity contribution in [2.75, 3.05) is 5.01 Å². The number of anilines is 1. The van der Waals surface area contributed by atoms with Crippen LogP contribution in [0.25, 0.3) is 0 Å². The van der Waals surface area contributed by atoms with Crippen LogP contribution in [-0.2, 0) is 0 Å². The number of amidine groups is 2. The van der Waals surface area contributed by atoms with Crippen molar-refractivity contribution < 1.29 is 0 Å². The van der Waals surface area contributed by atoms with Gasteiger partial charge in [-0.2, -0.15) is 0 Å². The molecule has 1 fully saturated rings. The fourth-order valence-corrected chi connectivity index (χ4v) is 1.29. The lowest BCUT2D eigenvalue weighted by atomic mass is 10.3. The van der Waals surface area contributed by atoms with E-state index in [0.717, 1.165) is 5.69 Å². The first-order valence-electron chi connectivity index (χ1n) is 4.04. The minimum Gasteiger partial charge on any atom is -0.287 e.